The molecule has 0 bridgehead atoms. The molecule has 10 heteroatoms. The minimum absolute atomic E-state index is 0.174. The minimum atomic E-state index is -3.84. The Kier molecular flexibility index (Phi) is 2.49. The Morgan fingerprint density at radius 2 is 2.10 bits per heavy atom. The fourth-order valence-corrected chi connectivity index (χ4v) is 3.54. The Labute approximate surface area is 122 Å². The van der Waals surface area contributed by atoms with E-state index in [4.69, 9.17) is 14.6 Å². The van der Waals surface area contributed by atoms with Gasteiger partial charge in [0.25, 0.3) is 10.0 Å². The zero-order valence-corrected chi connectivity index (χ0v) is 12.0. The molecule has 0 amide bonds. The quantitative estimate of drug-likeness (QED) is 0.748. The first-order valence-electron chi connectivity index (χ1n) is 5.80. The third-order valence-corrected chi connectivity index (χ3v) is 5.21. The van der Waals surface area contributed by atoms with Crippen molar-refractivity contribution in [2.45, 2.75) is 4.34 Å². The molecule has 3 heterocycles. The first-order chi connectivity index (χ1) is 10.0. The second kappa shape index (κ2) is 4.16. The number of hydrogen-bond acceptors (Lipinski definition) is 7. The summed E-state index contributed by atoms with van der Waals surface area (Å²) >= 11 is 0.917. The van der Waals surface area contributed by atoms with Crippen molar-refractivity contribution in [1.82, 2.24) is 14.6 Å². The molecule has 0 aliphatic carbocycles. The van der Waals surface area contributed by atoms with Gasteiger partial charge in [0.15, 0.2) is 11.5 Å². The summed E-state index contributed by atoms with van der Waals surface area (Å²) in [5.41, 5.74) is 1.44. The van der Waals surface area contributed by atoms with E-state index in [2.05, 4.69) is 10.1 Å². The lowest BCUT2D eigenvalue weighted by molar-refractivity contribution is 0.174. The van der Waals surface area contributed by atoms with Gasteiger partial charge in [-0.3, -0.25) is 0 Å². The topological polar surface area (TPSA) is 109 Å². The molecule has 3 aromatic rings. The summed E-state index contributed by atoms with van der Waals surface area (Å²) < 4.78 is 34.5. The molecule has 0 saturated heterocycles. The smallest absolute Gasteiger partial charge is 0.267 e. The van der Waals surface area contributed by atoms with E-state index in [1.807, 2.05) is 6.07 Å². The molecule has 1 aliphatic rings. The second-order valence-electron chi connectivity index (χ2n) is 4.32. The van der Waals surface area contributed by atoms with Crippen molar-refractivity contribution in [3.05, 3.63) is 24.4 Å². The summed E-state index contributed by atoms with van der Waals surface area (Å²) in [7, 11) is -3.84. The SMILES string of the molecule is NS(=O)(=O)c1nn2c(-c3ccc4c(c3)OCO4)cnc2s1. The molecular formula is C11H8N4O4S2. The van der Waals surface area contributed by atoms with Crippen LogP contribution in [0.3, 0.4) is 0 Å². The zero-order valence-electron chi connectivity index (χ0n) is 10.4. The number of aromatic nitrogens is 3. The summed E-state index contributed by atoms with van der Waals surface area (Å²) in [6.45, 7) is 0.187. The third-order valence-electron chi connectivity index (χ3n) is 2.98. The van der Waals surface area contributed by atoms with Gasteiger partial charge < -0.3 is 9.47 Å². The molecule has 1 aromatic carbocycles. The van der Waals surface area contributed by atoms with Crippen LogP contribution in [0.5, 0.6) is 11.5 Å². The number of rotatable bonds is 2. The highest BCUT2D eigenvalue weighted by atomic mass is 32.2. The van der Waals surface area contributed by atoms with Crippen LogP contribution in [0.2, 0.25) is 0 Å². The van der Waals surface area contributed by atoms with E-state index >= 15 is 0 Å². The van der Waals surface area contributed by atoms with Crippen molar-refractivity contribution in [2.75, 3.05) is 6.79 Å². The van der Waals surface area contributed by atoms with Crippen LogP contribution in [0.1, 0.15) is 0 Å². The third kappa shape index (κ3) is 1.95. The molecule has 0 spiro atoms. The van der Waals surface area contributed by atoms with Crippen molar-refractivity contribution in [3.8, 4) is 22.8 Å². The van der Waals surface area contributed by atoms with Gasteiger partial charge in [0.05, 0.1) is 11.9 Å². The number of ether oxygens (including phenoxy) is 2. The van der Waals surface area contributed by atoms with Crippen LogP contribution in [0, 0.1) is 0 Å². The van der Waals surface area contributed by atoms with E-state index in [0.29, 0.717) is 22.2 Å². The minimum Gasteiger partial charge on any atom is -0.454 e. The molecule has 0 atom stereocenters. The van der Waals surface area contributed by atoms with Gasteiger partial charge in [0.1, 0.15) is 0 Å². The monoisotopic (exact) mass is 324 g/mol. The maximum Gasteiger partial charge on any atom is 0.267 e. The van der Waals surface area contributed by atoms with Crippen molar-refractivity contribution >= 4 is 26.3 Å². The molecule has 2 aromatic heterocycles. The van der Waals surface area contributed by atoms with Crippen molar-refractivity contribution in [2.24, 2.45) is 5.14 Å². The average molecular weight is 324 g/mol. The van der Waals surface area contributed by atoms with Crippen molar-refractivity contribution in [1.29, 1.82) is 0 Å². The van der Waals surface area contributed by atoms with Crippen LogP contribution in [-0.4, -0.2) is 29.8 Å². The highest BCUT2D eigenvalue weighted by molar-refractivity contribution is 7.91. The number of primary sulfonamides is 1. The van der Waals surface area contributed by atoms with E-state index in [0.717, 1.165) is 16.9 Å². The molecule has 0 unspecified atom stereocenters. The Morgan fingerprint density at radius 3 is 2.90 bits per heavy atom. The number of nitrogens with two attached hydrogens (primary N) is 1. The van der Waals surface area contributed by atoms with Crippen LogP contribution in [0.4, 0.5) is 0 Å². The lowest BCUT2D eigenvalue weighted by Crippen LogP contribution is -2.12. The molecule has 0 fully saturated rings. The lowest BCUT2D eigenvalue weighted by Gasteiger charge is -2.00. The maximum atomic E-state index is 11.3. The molecule has 0 saturated carbocycles. The number of imidazole rings is 1. The Morgan fingerprint density at radius 1 is 1.29 bits per heavy atom. The van der Waals surface area contributed by atoms with Gasteiger partial charge in [0.2, 0.25) is 16.1 Å². The van der Waals surface area contributed by atoms with Crippen LogP contribution in [0.25, 0.3) is 16.2 Å². The first kappa shape index (κ1) is 12.6. The Bertz CT molecular complexity index is 960. The summed E-state index contributed by atoms with van der Waals surface area (Å²) in [4.78, 5) is 4.60. The van der Waals surface area contributed by atoms with Crippen LogP contribution in [-0.2, 0) is 10.0 Å². The highest BCUT2D eigenvalue weighted by Gasteiger charge is 2.20. The number of hydrogen-bond donors (Lipinski definition) is 1. The summed E-state index contributed by atoms with van der Waals surface area (Å²) in [6.07, 6.45) is 1.61. The van der Waals surface area contributed by atoms with Crippen LogP contribution in [0.15, 0.2) is 28.7 Å². The molecule has 8 nitrogen and oxygen atoms in total. The standard InChI is InChI=1S/C11H8N4O4S2/c12-21(16,17)11-14-15-7(4-13-10(15)20-11)6-1-2-8-9(3-6)19-5-18-8/h1-4H,5H2,(H2,12,16,17). The molecule has 0 radical (unpaired) electrons. The zero-order chi connectivity index (χ0) is 14.6. The molecular weight excluding hydrogens is 316 g/mol. The van der Waals surface area contributed by atoms with Crippen LogP contribution < -0.4 is 14.6 Å². The van der Waals surface area contributed by atoms with E-state index < -0.39 is 10.0 Å². The number of benzene rings is 1. The van der Waals surface area contributed by atoms with Gasteiger partial charge in [-0.1, -0.05) is 11.3 Å². The van der Waals surface area contributed by atoms with Gasteiger partial charge in [-0.25, -0.2) is 23.1 Å². The number of fused-ring (bicyclic) bond motifs is 2. The van der Waals surface area contributed by atoms with Gasteiger partial charge in [-0.05, 0) is 18.2 Å². The van der Waals surface area contributed by atoms with Crippen molar-refractivity contribution in [3.63, 3.8) is 0 Å². The van der Waals surface area contributed by atoms with E-state index in [9.17, 15) is 8.42 Å². The summed E-state index contributed by atoms with van der Waals surface area (Å²) in [6, 6.07) is 5.40. The Balaban J connectivity index is 1.88. The molecule has 108 valence electrons. The predicted octanol–water partition coefficient (Wildman–Crippen LogP) is 0.834. The average Bonchev–Trinajstić information content (AvgIpc) is 3.11. The summed E-state index contributed by atoms with van der Waals surface area (Å²) in [5.74, 6) is 1.30. The van der Waals surface area contributed by atoms with Crippen molar-refractivity contribution < 1.29 is 17.9 Å². The lowest BCUT2D eigenvalue weighted by atomic mass is 10.1. The fourth-order valence-electron chi connectivity index (χ4n) is 2.04. The highest BCUT2D eigenvalue weighted by Crippen LogP contribution is 2.36. The van der Waals surface area contributed by atoms with Gasteiger partial charge >= 0.3 is 0 Å². The molecule has 4 rings (SSSR count). The van der Waals surface area contributed by atoms with E-state index in [1.165, 1.54) is 4.52 Å². The Hall–Kier alpha value is -2.17. The van der Waals surface area contributed by atoms with Gasteiger partial charge in [0, 0.05) is 5.56 Å². The normalized spacial score (nSPS) is 14.0. The summed E-state index contributed by atoms with van der Waals surface area (Å²) in [5, 5.41) is 9.09. The second-order valence-corrected chi connectivity index (χ2v) is 7.01. The fraction of sp³-hybridized carbons (Fsp3) is 0.0909. The molecule has 21 heavy (non-hydrogen) atoms. The van der Waals surface area contributed by atoms with E-state index in [-0.39, 0.29) is 11.1 Å². The van der Waals surface area contributed by atoms with Crippen LogP contribution >= 0.6 is 11.3 Å². The van der Waals surface area contributed by atoms with Gasteiger partial charge in [-0.15, -0.1) is 5.10 Å². The van der Waals surface area contributed by atoms with E-state index in [1.54, 1.807) is 18.3 Å². The first-order valence-corrected chi connectivity index (χ1v) is 8.16. The van der Waals surface area contributed by atoms with Gasteiger partial charge in [-0.2, -0.15) is 0 Å². The maximum absolute atomic E-state index is 11.3. The molecule has 1 aliphatic heterocycles. The molecule has 2 N–H and O–H groups in total. The largest absolute Gasteiger partial charge is 0.454 e. The number of nitrogens with zero attached hydrogens (tertiary/aromatic N) is 3. The predicted molar refractivity (Wildman–Crippen MR) is 73.8 cm³/mol. The number of sulfonamides is 1.